The van der Waals surface area contributed by atoms with Gasteiger partial charge >= 0.3 is 12.1 Å². The minimum Gasteiger partial charge on any atom is -0.505 e. The Balaban J connectivity index is 1.69. The molecule has 7 nitrogen and oxygen atoms in total. The number of hydrogen-bond acceptors (Lipinski definition) is 6. The van der Waals surface area contributed by atoms with Gasteiger partial charge in [-0.15, -0.1) is 10.2 Å². The van der Waals surface area contributed by atoms with Crippen LogP contribution in [0, 0.1) is 13.8 Å². The van der Waals surface area contributed by atoms with Gasteiger partial charge < -0.3 is 14.9 Å². The van der Waals surface area contributed by atoms with Crippen molar-refractivity contribution >= 4 is 28.2 Å². The van der Waals surface area contributed by atoms with Gasteiger partial charge in [-0.25, -0.2) is 4.79 Å². The van der Waals surface area contributed by atoms with Crippen LogP contribution < -0.4 is 0 Å². The second-order valence-electron chi connectivity index (χ2n) is 9.53. The number of nitrogens with zero attached hydrogens (tertiary/aromatic N) is 3. The molecule has 0 aliphatic carbocycles. The summed E-state index contributed by atoms with van der Waals surface area (Å²) < 4.78 is 46.8. The average Bonchev–Trinajstić information content (AvgIpc) is 3.22. The highest BCUT2D eigenvalue weighted by atomic mass is 19.4. The third kappa shape index (κ3) is 5.23. The standard InChI is InChI=1S/C31H24F3N3O4/c1-17-6-4-7-19(12-17)24-13-18(2)14-25(28(24)38)35-36-27-23-11-10-21(31(32,33)34)16-26(23)37(29(27)39)22-9-5-8-20(15-22)30(40)41-3/h4-16,38-39H,1-3H3. The molecule has 0 saturated heterocycles. The Hall–Kier alpha value is -5.12. The molecule has 0 aliphatic rings. The van der Waals surface area contributed by atoms with Gasteiger partial charge in [0.25, 0.3) is 0 Å². The lowest BCUT2D eigenvalue weighted by Crippen LogP contribution is -2.05. The normalized spacial score (nSPS) is 11.9. The minimum atomic E-state index is -4.64. The lowest BCUT2D eigenvalue weighted by atomic mass is 10.00. The SMILES string of the molecule is COC(=O)c1cccc(-n2c(O)c(N=Nc3cc(C)cc(-c4cccc(C)c4)c3O)c3ccc(C(F)(F)F)cc32)c1. The predicted octanol–water partition coefficient (Wildman–Crippen LogP) is 8.55. The number of alkyl halides is 3. The highest BCUT2D eigenvalue weighted by Gasteiger charge is 2.32. The van der Waals surface area contributed by atoms with Crippen LogP contribution in [0.4, 0.5) is 24.5 Å². The van der Waals surface area contributed by atoms with Gasteiger partial charge in [-0.05, 0) is 73.5 Å². The number of aromatic hydroxyl groups is 2. The highest BCUT2D eigenvalue weighted by molar-refractivity contribution is 5.97. The molecular weight excluding hydrogens is 535 g/mol. The third-order valence-corrected chi connectivity index (χ3v) is 6.59. The summed E-state index contributed by atoms with van der Waals surface area (Å²) in [5.41, 5.74) is 2.48. The monoisotopic (exact) mass is 559 g/mol. The lowest BCUT2D eigenvalue weighted by molar-refractivity contribution is -0.137. The average molecular weight is 560 g/mol. The number of ether oxygens (including phenoxy) is 1. The molecule has 0 amide bonds. The van der Waals surface area contributed by atoms with Gasteiger partial charge in [-0.2, -0.15) is 13.2 Å². The van der Waals surface area contributed by atoms with Gasteiger partial charge in [-0.3, -0.25) is 4.57 Å². The molecule has 0 saturated carbocycles. The van der Waals surface area contributed by atoms with E-state index in [2.05, 4.69) is 10.2 Å². The zero-order valence-electron chi connectivity index (χ0n) is 22.2. The second kappa shape index (κ2) is 10.5. The minimum absolute atomic E-state index is 0.0118. The van der Waals surface area contributed by atoms with E-state index in [-0.39, 0.29) is 39.3 Å². The molecule has 10 heteroatoms. The van der Waals surface area contributed by atoms with Gasteiger partial charge in [0.1, 0.15) is 5.69 Å². The van der Waals surface area contributed by atoms with E-state index < -0.39 is 23.6 Å². The Kier molecular flexibility index (Phi) is 7.00. The Morgan fingerprint density at radius 3 is 2.34 bits per heavy atom. The Morgan fingerprint density at radius 1 is 0.878 bits per heavy atom. The molecule has 2 N–H and O–H groups in total. The smallest absolute Gasteiger partial charge is 0.416 e. The van der Waals surface area contributed by atoms with Crippen molar-refractivity contribution in [3.05, 3.63) is 101 Å². The molecule has 0 atom stereocenters. The third-order valence-electron chi connectivity index (χ3n) is 6.59. The lowest BCUT2D eigenvalue weighted by Gasteiger charge is -2.10. The molecule has 0 fully saturated rings. The van der Waals surface area contributed by atoms with E-state index in [1.807, 2.05) is 38.1 Å². The number of phenols is 1. The number of aryl methyl sites for hydroxylation is 2. The molecule has 5 rings (SSSR count). The molecule has 0 radical (unpaired) electrons. The molecule has 0 spiro atoms. The second-order valence-corrected chi connectivity index (χ2v) is 9.53. The van der Waals surface area contributed by atoms with E-state index in [0.717, 1.165) is 33.4 Å². The van der Waals surface area contributed by atoms with Crippen molar-refractivity contribution in [1.82, 2.24) is 4.57 Å². The highest BCUT2D eigenvalue weighted by Crippen LogP contribution is 2.45. The zero-order chi connectivity index (χ0) is 29.5. The van der Waals surface area contributed by atoms with E-state index in [9.17, 15) is 28.2 Å². The van der Waals surface area contributed by atoms with Crippen LogP contribution in [-0.2, 0) is 10.9 Å². The molecule has 4 aromatic carbocycles. The van der Waals surface area contributed by atoms with Crippen LogP contribution in [0.3, 0.4) is 0 Å². The first-order valence-corrected chi connectivity index (χ1v) is 12.4. The van der Waals surface area contributed by atoms with E-state index >= 15 is 0 Å². The van der Waals surface area contributed by atoms with Crippen LogP contribution in [0.2, 0.25) is 0 Å². The van der Waals surface area contributed by atoms with Crippen molar-refractivity contribution in [2.45, 2.75) is 20.0 Å². The predicted molar refractivity (Wildman–Crippen MR) is 148 cm³/mol. The van der Waals surface area contributed by atoms with Gasteiger partial charge in [0.15, 0.2) is 11.4 Å². The number of rotatable bonds is 5. The summed E-state index contributed by atoms with van der Waals surface area (Å²) in [6.07, 6.45) is -4.64. The van der Waals surface area contributed by atoms with Gasteiger partial charge in [0.2, 0.25) is 5.88 Å². The number of carbonyl (C=O) groups excluding carboxylic acids is 1. The maximum Gasteiger partial charge on any atom is 0.416 e. The number of benzene rings is 4. The summed E-state index contributed by atoms with van der Waals surface area (Å²) in [7, 11) is 1.21. The molecule has 0 aliphatic heterocycles. The fraction of sp³-hybridized carbons (Fsp3) is 0.129. The van der Waals surface area contributed by atoms with Crippen molar-refractivity contribution < 1.29 is 32.9 Å². The fourth-order valence-electron chi connectivity index (χ4n) is 4.66. The van der Waals surface area contributed by atoms with E-state index in [0.29, 0.717) is 5.56 Å². The van der Waals surface area contributed by atoms with Crippen LogP contribution in [0.5, 0.6) is 11.6 Å². The van der Waals surface area contributed by atoms with Crippen molar-refractivity contribution in [3.63, 3.8) is 0 Å². The van der Waals surface area contributed by atoms with Crippen LogP contribution >= 0.6 is 0 Å². The summed E-state index contributed by atoms with van der Waals surface area (Å²) in [5, 5.41) is 30.9. The van der Waals surface area contributed by atoms with Crippen LogP contribution in [-0.4, -0.2) is 27.9 Å². The number of halogens is 3. The van der Waals surface area contributed by atoms with Gasteiger partial charge in [0.05, 0.1) is 23.8 Å². The molecule has 41 heavy (non-hydrogen) atoms. The van der Waals surface area contributed by atoms with Gasteiger partial charge in [-0.1, -0.05) is 35.9 Å². The quantitative estimate of drug-likeness (QED) is 0.167. The topological polar surface area (TPSA) is 96.4 Å². The zero-order valence-corrected chi connectivity index (χ0v) is 22.2. The molecule has 1 heterocycles. The summed E-state index contributed by atoms with van der Waals surface area (Å²) in [6, 6.07) is 19.8. The van der Waals surface area contributed by atoms with Crippen molar-refractivity contribution in [2.75, 3.05) is 7.11 Å². The molecule has 1 aromatic heterocycles. The number of esters is 1. The maximum absolute atomic E-state index is 13.6. The molecule has 0 unspecified atom stereocenters. The molecular formula is C31H24F3N3O4. The van der Waals surface area contributed by atoms with E-state index in [1.54, 1.807) is 12.1 Å². The number of azo groups is 1. The largest absolute Gasteiger partial charge is 0.505 e. The van der Waals surface area contributed by atoms with Crippen molar-refractivity contribution in [3.8, 4) is 28.4 Å². The number of hydrogen-bond donors (Lipinski definition) is 2. The maximum atomic E-state index is 13.6. The first-order valence-electron chi connectivity index (χ1n) is 12.4. The van der Waals surface area contributed by atoms with Crippen LogP contribution in [0.15, 0.2) is 89.1 Å². The van der Waals surface area contributed by atoms with Crippen molar-refractivity contribution in [2.24, 2.45) is 10.2 Å². The Bertz CT molecular complexity index is 1840. The number of fused-ring (bicyclic) bond motifs is 1. The van der Waals surface area contributed by atoms with E-state index in [4.69, 9.17) is 4.74 Å². The molecule has 208 valence electrons. The summed E-state index contributed by atoms with van der Waals surface area (Å²) in [4.78, 5) is 12.1. The van der Waals surface area contributed by atoms with Crippen molar-refractivity contribution in [1.29, 1.82) is 0 Å². The first-order chi connectivity index (χ1) is 19.5. The Labute approximate surface area is 232 Å². The Morgan fingerprint density at radius 2 is 1.63 bits per heavy atom. The molecule has 5 aromatic rings. The fourth-order valence-corrected chi connectivity index (χ4v) is 4.66. The number of methoxy groups -OCH3 is 1. The number of aromatic nitrogens is 1. The van der Waals surface area contributed by atoms with E-state index in [1.165, 1.54) is 37.4 Å². The van der Waals surface area contributed by atoms with Crippen LogP contribution in [0.25, 0.3) is 27.7 Å². The summed E-state index contributed by atoms with van der Waals surface area (Å²) >= 11 is 0. The first kappa shape index (κ1) is 27.4. The summed E-state index contributed by atoms with van der Waals surface area (Å²) in [5.74, 6) is -1.30. The summed E-state index contributed by atoms with van der Waals surface area (Å²) in [6.45, 7) is 3.76. The molecule has 0 bridgehead atoms. The van der Waals surface area contributed by atoms with Gasteiger partial charge in [0, 0.05) is 16.6 Å². The van der Waals surface area contributed by atoms with Crippen LogP contribution in [0.1, 0.15) is 27.0 Å². The number of carbonyl (C=O) groups is 1. The number of phenolic OH excluding ortho intramolecular Hbond substituents is 1.